The number of nitrogens with one attached hydrogen (secondary N) is 1. The van der Waals surface area contributed by atoms with Crippen molar-refractivity contribution in [3.8, 4) is 5.75 Å². The molecular formula is C14H22ClNO. The Labute approximate surface area is 109 Å². The molecule has 0 spiro atoms. The summed E-state index contributed by atoms with van der Waals surface area (Å²) in [5, 5.41) is 3.38. The first kappa shape index (κ1) is 14.3. The zero-order valence-corrected chi connectivity index (χ0v) is 11.5. The predicted molar refractivity (Wildman–Crippen MR) is 74.3 cm³/mol. The first-order chi connectivity index (χ1) is 8.27. The smallest absolute Gasteiger partial charge is 0.122 e. The topological polar surface area (TPSA) is 21.3 Å². The summed E-state index contributed by atoms with van der Waals surface area (Å²) in [6, 6.07) is 6.41. The molecule has 2 nitrogen and oxygen atoms in total. The molecule has 1 N–H and O–H groups in total. The molecule has 3 heteroatoms. The van der Waals surface area contributed by atoms with Gasteiger partial charge in [0.05, 0.1) is 6.61 Å². The Morgan fingerprint density at radius 2 is 2.12 bits per heavy atom. The Balaban J connectivity index is 2.36. The Bertz CT molecular complexity index is 328. The van der Waals surface area contributed by atoms with Crippen LogP contribution >= 0.6 is 11.6 Å². The van der Waals surface area contributed by atoms with Gasteiger partial charge in [0.1, 0.15) is 5.75 Å². The molecule has 0 aliphatic heterocycles. The molecule has 0 saturated heterocycles. The molecule has 0 saturated carbocycles. The van der Waals surface area contributed by atoms with Gasteiger partial charge in [-0.25, -0.2) is 0 Å². The van der Waals surface area contributed by atoms with Crippen molar-refractivity contribution in [2.45, 2.75) is 26.7 Å². The van der Waals surface area contributed by atoms with Gasteiger partial charge in [0, 0.05) is 5.88 Å². The van der Waals surface area contributed by atoms with Gasteiger partial charge in [0.15, 0.2) is 0 Å². The highest BCUT2D eigenvalue weighted by Gasteiger charge is 2.00. The normalized spacial score (nSPS) is 10.5. The number of aryl methyl sites for hydroxylation is 1. The summed E-state index contributed by atoms with van der Waals surface area (Å²) in [6.45, 7) is 6.83. The summed E-state index contributed by atoms with van der Waals surface area (Å²) >= 11 is 5.61. The van der Waals surface area contributed by atoms with E-state index < -0.39 is 0 Å². The van der Waals surface area contributed by atoms with Crippen LogP contribution in [0.15, 0.2) is 18.2 Å². The van der Waals surface area contributed by atoms with Crippen LogP contribution < -0.4 is 10.1 Å². The highest BCUT2D eigenvalue weighted by molar-refractivity contribution is 6.17. The van der Waals surface area contributed by atoms with E-state index in [-0.39, 0.29) is 0 Å². The lowest BCUT2D eigenvalue weighted by molar-refractivity contribution is 0.338. The molecule has 0 aromatic heterocycles. The monoisotopic (exact) mass is 255 g/mol. The summed E-state index contributed by atoms with van der Waals surface area (Å²) in [5.74, 6) is 1.72. The molecule has 0 aliphatic rings. The van der Waals surface area contributed by atoms with E-state index in [0.717, 1.165) is 44.2 Å². The van der Waals surface area contributed by atoms with Gasteiger partial charge in [-0.1, -0.05) is 12.1 Å². The van der Waals surface area contributed by atoms with Crippen molar-refractivity contribution in [3.63, 3.8) is 0 Å². The van der Waals surface area contributed by atoms with Crippen molar-refractivity contribution < 1.29 is 4.74 Å². The average molecular weight is 256 g/mol. The van der Waals surface area contributed by atoms with Crippen LogP contribution in [0.1, 0.15) is 24.5 Å². The van der Waals surface area contributed by atoms with Crippen molar-refractivity contribution in [2.24, 2.45) is 0 Å². The average Bonchev–Trinajstić information content (AvgIpc) is 2.32. The van der Waals surface area contributed by atoms with Crippen LogP contribution in [0.2, 0.25) is 0 Å². The zero-order valence-electron chi connectivity index (χ0n) is 10.8. The van der Waals surface area contributed by atoms with Crippen molar-refractivity contribution in [1.29, 1.82) is 0 Å². The molecule has 0 unspecified atom stereocenters. The third-order valence-corrected chi connectivity index (χ3v) is 2.88. The van der Waals surface area contributed by atoms with Crippen molar-refractivity contribution >= 4 is 11.6 Å². The van der Waals surface area contributed by atoms with Crippen molar-refractivity contribution in [3.05, 3.63) is 29.3 Å². The molecule has 0 radical (unpaired) electrons. The summed E-state index contributed by atoms with van der Waals surface area (Å²) in [6.07, 6.45) is 2.08. The van der Waals surface area contributed by atoms with Crippen LogP contribution in [0.3, 0.4) is 0 Å². The molecule has 17 heavy (non-hydrogen) atoms. The molecule has 0 aliphatic carbocycles. The second-order valence-electron chi connectivity index (χ2n) is 4.08. The summed E-state index contributed by atoms with van der Waals surface area (Å²) in [5.41, 5.74) is 2.56. The number of benzene rings is 1. The van der Waals surface area contributed by atoms with Crippen LogP contribution in [0.4, 0.5) is 0 Å². The predicted octanol–water partition coefficient (Wildman–Crippen LogP) is 3.15. The van der Waals surface area contributed by atoms with Gasteiger partial charge < -0.3 is 10.1 Å². The minimum Gasteiger partial charge on any atom is -0.494 e. The zero-order chi connectivity index (χ0) is 12.5. The molecule has 0 atom stereocenters. The first-order valence-corrected chi connectivity index (χ1v) is 6.80. The van der Waals surface area contributed by atoms with E-state index in [1.807, 2.05) is 6.92 Å². The second kappa shape index (κ2) is 8.37. The maximum absolute atomic E-state index is 5.61. The molecule has 1 aromatic carbocycles. The van der Waals surface area contributed by atoms with E-state index >= 15 is 0 Å². The number of hydrogen-bond donors (Lipinski definition) is 1. The van der Waals surface area contributed by atoms with E-state index in [4.69, 9.17) is 16.3 Å². The third-order valence-electron chi connectivity index (χ3n) is 2.62. The first-order valence-electron chi connectivity index (χ1n) is 6.27. The largest absolute Gasteiger partial charge is 0.494 e. The summed E-state index contributed by atoms with van der Waals surface area (Å²) in [4.78, 5) is 0. The van der Waals surface area contributed by atoms with Crippen LogP contribution in [-0.4, -0.2) is 25.6 Å². The number of alkyl halides is 1. The standard InChI is InChI=1S/C14H22ClNO/c1-3-17-14-6-5-13(11-12(14)2)7-10-16-9-4-8-15/h5-6,11,16H,3-4,7-10H2,1-2H3. The van der Waals surface area contributed by atoms with E-state index in [9.17, 15) is 0 Å². The fraction of sp³-hybridized carbons (Fsp3) is 0.571. The molecule has 0 fully saturated rings. The maximum atomic E-state index is 5.61. The number of hydrogen-bond acceptors (Lipinski definition) is 2. The van der Waals surface area contributed by atoms with Gasteiger partial charge in [-0.15, -0.1) is 11.6 Å². The lowest BCUT2D eigenvalue weighted by Gasteiger charge is -2.09. The minimum absolute atomic E-state index is 0.722. The Hall–Kier alpha value is -0.730. The van der Waals surface area contributed by atoms with Gasteiger partial charge in [0.2, 0.25) is 0 Å². The van der Waals surface area contributed by atoms with E-state index in [0.29, 0.717) is 0 Å². The Morgan fingerprint density at radius 3 is 2.76 bits per heavy atom. The highest BCUT2D eigenvalue weighted by atomic mass is 35.5. The van der Waals surface area contributed by atoms with E-state index in [1.54, 1.807) is 0 Å². The van der Waals surface area contributed by atoms with Gasteiger partial charge >= 0.3 is 0 Å². The van der Waals surface area contributed by atoms with Crippen LogP contribution in [-0.2, 0) is 6.42 Å². The Kier molecular flexibility index (Phi) is 7.06. The van der Waals surface area contributed by atoms with Gasteiger partial charge in [-0.3, -0.25) is 0 Å². The summed E-state index contributed by atoms with van der Waals surface area (Å²) in [7, 11) is 0. The highest BCUT2D eigenvalue weighted by Crippen LogP contribution is 2.19. The second-order valence-corrected chi connectivity index (χ2v) is 4.45. The number of ether oxygens (including phenoxy) is 1. The van der Waals surface area contributed by atoms with Crippen molar-refractivity contribution in [2.75, 3.05) is 25.6 Å². The molecule has 0 amide bonds. The van der Waals surface area contributed by atoms with Gasteiger partial charge in [0.25, 0.3) is 0 Å². The molecule has 1 aromatic rings. The lowest BCUT2D eigenvalue weighted by atomic mass is 10.1. The minimum atomic E-state index is 0.722. The molecule has 96 valence electrons. The van der Waals surface area contributed by atoms with Crippen LogP contribution in [0, 0.1) is 6.92 Å². The quantitative estimate of drug-likeness (QED) is 0.569. The summed E-state index contributed by atoms with van der Waals surface area (Å²) < 4.78 is 5.52. The molecule has 0 bridgehead atoms. The molecule has 0 heterocycles. The molecular weight excluding hydrogens is 234 g/mol. The SMILES string of the molecule is CCOc1ccc(CCNCCCCl)cc1C. The lowest BCUT2D eigenvalue weighted by Crippen LogP contribution is -2.18. The molecule has 1 rings (SSSR count). The van der Waals surface area contributed by atoms with E-state index in [2.05, 4.69) is 30.4 Å². The third kappa shape index (κ3) is 5.42. The van der Waals surface area contributed by atoms with Crippen LogP contribution in [0.5, 0.6) is 5.75 Å². The van der Waals surface area contributed by atoms with Crippen molar-refractivity contribution in [1.82, 2.24) is 5.32 Å². The van der Waals surface area contributed by atoms with Gasteiger partial charge in [-0.05, 0) is 57.0 Å². The van der Waals surface area contributed by atoms with Crippen LogP contribution in [0.25, 0.3) is 0 Å². The number of rotatable bonds is 8. The maximum Gasteiger partial charge on any atom is 0.122 e. The fourth-order valence-corrected chi connectivity index (χ4v) is 1.87. The van der Waals surface area contributed by atoms with E-state index in [1.165, 1.54) is 11.1 Å². The van der Waals surface area contributed by atoms with Gasteiger partial charge in [-0.2, -0.15) is 0 Å². The Morgan fingerprint density at radius 1 is 1.29 bits per heavy atom. The fourth-order valence-electron chi connectivity index (χ4n) is 1.73. The number of halogens is 1.